The van der Waals surface area contributed by atoms with Crippen molar-refractivity contribution in [1.29, 1.82) is 0 Å². The van der Waals surface area contributed by atoms with Crippen molar-refractivity contribution in [3.8, 4) is 0 Å². The Morgan fingerprint density at radius 1 is 1.80 bits per heavy atom. The largest absolute Gasteiger partial charge is 0.467 e. The molecule has 1 N–H and O–H groups in total. The number of thioether (sulfide) groups is 1. The van der Waals surface area contributed by atoms with Crippen molar-refractivity contribution < 1.29 is 13.9 Å². The molecule has 0 unspecified atom stereocenters. The molecule has 0 bridgehead atoms. The van der Waals surface area contributed by atoms with Gasteiger partial charge >= 0.3 is 5.97 Å². The minimum Gasteiger partial charge on any atom is -0.467 e. The predicted molar refractivity (Wildman–Crippen MR) is 57.5 cm³/mol. The van der Waals surface area contributed by atoms with E-state index in [4.69, 9.17) is 9.15 Å². The van der Waals surface area contributed by atoms with Gasteiger partial charge in [0.25, 0.3) is 0 Å². The first-order chi connectivity index (χ1) is 7.31. The van der Waals surface area contributed by atoms with Crippen molar-refractivity contribution in [3.63, 3.8) is 0 Å². The number of hydrogen-bond acceptors (Lipinski definition) is 5. The van der Waals surface area contributed by atoms with Gasteiger partial charge in [0.2, 0.25) is 0 Å². The molecule has 82 valence electrons. The van der Waals surface area contributed by atoms with Crippen LogP contribution < -0.4 is 5.32 Å². The van der Waals surface area contributed by atoms with E-state index in [0.717, 1.165) is 11.5 Å². The van der Waals surface area contributed by atoms with Crippen molar-refractivity contribution in [3.05, 3.63) is 24.2 Å². The van der Waals surface area contributed by atoms with E-state index in [1.54, 1.807) is 18.0 Å². The molecule has 0 amide bonds. The molecule has 1 aromatic rings. The molecule has 0 spiro atoms. The lowest BCUT2D eigenvalue weighted by Crippen LogP contribution is -2.35. The molecule has 1 saturated heterocycles. The molecule has 4 nitrogen and oxygen atoms in total. The molecule has 0 radical (unpaired) electrons. The lowest BCUT2D eigenvalue weighted by molar-refractivity contribution is -0.144. The average molecular weight is 227 g/mol. The highest BCUT2D eigenvalue weighted by atomic mass is 32.2. The number of carbonyl (C=O) groups excluding carboxylic acids is 1. The van der Waals surface area contributed by atoms with E-state index in [-0.39, 0.29) is 17.4 Å². The van der Waals surface area contributed by atoms with Crippen LogP contribution in [0.5, 0.6) is 0 Å². The summed E-state index contributed by atoms with van der Waals surface area (Å²) in [6.45, 7) is 2.23. The Kier molecular flexibility index (Phi) is 3.33. The van der Waals surface area contributed by atoms with E-state index >= 15 is 0 Å². The number of ether oxygens (including phenoxy) is 1. The second-order valence-electron chi connectivity index (χ2n) is 3.20. The summed E-state index contributed by atoms with van der Waals surface area (Å²) < 4.78 is 10.2. The summed E-state index contributed by atoms with van der Waals surface area (Å²) in [5.41, 5.74) is 0. The van der Waals surface area contributed by atoms with Gasteiger partial charge in [0.15, 0.2) is 0 Å². The fourth-order valence-corrected chi connectivity index (χ4v) is 2.63. The molecule has 2 rings (SSSR count). The summed E-state index contributed by atoms with van der Waals surface area (Å²) in [5.74, 6) is 1.40. The molecule has 0 aromatic carbocycles. The van der Waals surface area contributed by atoms with Gasteiger partial charge in [0, 0.05) is 5.75 Å². The molecule has 2 atom stereocenters. The maximum atomic E-state index is 11.4. The summed E-state index contributed by atoms with van der Waals surface area (Å²) >= 11 is 1.66. The van der Waals surface area contributed by atoms with E-state index in [2.05, 4.69) is 5.32 Å². The minimum absolute atomic E-state index is 0.0643. The van der Waals surface area contributed by atoms with Crippen LogP contribution in [0, 0.1) is 0 Å². The molecular weight excluding hydrogens is 214 g/mol. The summed E-state index contributed by atoms with van der Waals surface area (Å²) in [4.78, 5) is 11.4. The molecular formula is C10H13NO3S. The zero-order valence-electron chi connectivity index (χ0n) is 8.43. The van der Waals surface area contributed by atoms with Gasteiger partial charge < -0.3 is 9.15 Å². The highest BCUT2D eigenvalue weighted by Gasteiger charge is 2.32. The second-order valence-corrected chi connectivity index (χ2v) is 4.34. The van der Waals surface area contributed by atoms with Crippen LogP contribution in [0.1, 0.15) is 18.1 Å². The van der Waals surface area contributed by atoms with Gasteiger partial charge in [-0.05, 0) is 19.1 Å². The molecule has 0 saturated carbocycles. The Balaban J connectivity index is 1.92. The van der Waals surface area contributed by atoms with E-state index in [1.807, 2.05) is 19.1 Å². The van der Waals surface area contributed by atoms with Crippen LogP contribution in [0.15, 0.2) is 22.8 Å². The van der Waals surface area contributed by atoms with E-state index in [9.17, 15) is 4.79 Å². The smallest absolute Gasteiger partial charge is 0.324 e. The zero-order chi connectivity index (χ0) is 10.7. The van der Waals surface area contributed by atoms with Crippen LogP contribution in [0.2, 0.25) is 0 Å². The third-order valence-electron chi connectivity index (χ3n) is 2.15. The Bertz CT molecular complexity index is 325. The van der Waals surface area contributed by atoms with Gasteiger partial charge in [-0.1, -0.05) is 0 Å². The van der Waals surface area contributed by atoms with Gasteiger partial charge in [-0.3, -0.25) is 10.1 Å². The van der Waals surface area contributed by atoms with Crippen LogP contribution in [-0.4, -0.2) is 24.4 Å². The number of hydrogen-bond donors (Lipinski definition) is 1. The lowest BCUT2D eigenvalue weighted by atomic mass is 10.3. The second kappa shape index (κ2) is 4.72. The highest BCUT2D eigenvalue weighted by Crippen LogP contribution is 2.33. The molecule has 1 aliphatic rings. The van der Waals surface area contributed by atoms with Crippen molar-refractivity contribution in [2.24, 2.45) is 0 Å². The Hall–Kier alpha value is -0.940. The maximum Gasteiger partial charge on any atom is 0.324 e. The van der Waals surface area contributed by atoms with Crippen LogP contribution in [-0.2, 0) is 9.53 Å². The fraction of sp³-hybridized carbons (Fsp3) is 0.500. The summed E-state index contributed by atoms with van der Waals surface area (Å²) in [7, 11) is 0. The quantitative estimate of drug-likeness (QED) is 0.794. The standard InChI is InChI=1S/C10H13NO3S/c1-2-13-10(12)7-6-15-9(11-7)8-4-3-5-14-8/h3-5,7,9,11H,2,6H2,1H3/t7-,9+/m1/s1. The predicted octanol–water partition coefficient (Wildman–Crippen LogP) is 1.55. The number of nitrogens with one attached hydrogen (secondary N) is 1. The SMILES string of the molecule is CCOC(=O)[C@H]1CS[C@@H](c2ccco2)N1. The first kappa shape index (κ1) is 10.6. The highest BCUT2D eigenvalue weighted by molar-refractivity contribution is 7.99. The molecule has 1 aliphatic heterocycles. The van der Waals surface area contributed by atoms with Gasteiger partial charge in [0.05, 0.1) is 12.9 Å². The monoisotopic (exact) mass is 227 g/mol. The number of rotatable bonds is 3. The topological polar surface area (TPSA) is 51.5 Å². The molecule has 0 aliphatic carbocycles. The third-order valence-corrected chi connectivity index (χ3v) is 3.38. The van der Waals surface area contributed by atoms with Crippen LogP contribution in [0.3, 0.4) is 0 Å². The Morgan fingerprint density at radius 3 is 3.33 bits per heavy atom. The fourth-order valence-electron chi connectivity index (χ4n) is 1.46. The molecule has 5 heteroatoms. The van der Waals surface area contributed by atoms with E-state index in [0.29, 0.717) is 6.61 Å². The first-order valence-electron chi connectivity index (χ1n) is 4.89. The summed E-state index contributed by atoms with van der Waals surface area (Å²) in [6, 6.07) is 3.53. The minimum atomic E-state index is -0.218. The van der Waals surface area contributed by atoms with Gasteiger partial charge in [-0.15, -0.1) is 11.8 Å². The van der Waals surface area contributed by atoms with Gasteiger partial charge in [-0.25, -0.2) is 0 Å². The van der Waals surface area contributed by atoms with Gasteiger partial charge in [0.1, 0.15) is 17.2 Å². The molecule has 1 fully saturated rings. The summed E-state index contributed by atoms with van der Waals surface area (Å²) in [5, 5.41) is 3.24. The molecule has 15 heavy (non-hydrogen) atoms. The van der Waals surface area contributed by atoms with Gasteiger partial charge in [-0.2, -0.15) is 0 Å². The van der Waals surface area contributed by atoms with Crippen molar-refractivity contribution in [1.82, 2.24) is 5.32 Å². The molecule has 1 aromatic heterocycles. The first-order valence-corrected chi connectivity index (χ1v) is 5.94. The third kappa shape index (κ3) is 2.35. The number of esters is 1. The van der Waals surface area contributed by atoms with Crippen LogP contribution in [0.4, 0.5) is 0 Å². The summed E-state index contributed by atoms with van der Waals surface area (Å²) in [6.07, 6.45) is 1.63. The number of furan rings is 1. The average Bonchev–Trinajstić information content (AvgIpc) is 2.89. The normalized spacial score (nSPS) is 25.4. The van der Waals surface area contributed by atoms with Crippen molar-refractivity contribution in [2.45, 2.75) is 18.3 Å². The molecule has 2 heterocycles. The zero-order valence-corrected chi connectivity index (χ0v) is 9.25. The van der Waals surface area contributed by atoms with Crippen molar-refractivity contribution >= 4 is 17.7 Å². The Labute approximate surface area is 92.4 Å². The lowest BCUT2D eigenvalue weighted by Gasteiger charge is -2.10. The van der Waals surface area contributed by atoms with Crippen LogP contribution in [0.25, 0.3) is 0 Å². The maximum absolute atomic E-state index is 11.4. The van der Waals surface area contributed by atoms with Crippen LogP contribution >= 0.6 is 11.8 Å². The number of carbonyl (C=O) groups is 1. The van der Waals surface area contributed by atoms with E-state index < -0.39 is 0 Å². The Morgan fingerprint density at radius 2 is 2.67 bits per heavy atom. The van der Waals surface area contributed by atoms with Crippen molar-refractivity contribution in [2.75, 3.05) is 12.4 Å². The van der Waals surface area contributed by atoms with E-state index in [1.165, 1.54) is 0 Å².